The zero-order valence-corrected chi connectivity index (χ0v) is 16.4. The normalized spacial score (nSPS) is 20.4. The number of ether oxygens (including phenoxy) is 2. The lowest BCUT2D eigenvalue weighted by Gasteiger charge is -2.15. The van der Waals surface area contributed by atoms with E-state index in [0.717, 1.165) is 38.9 Å². The van der Waals surface area contributed by atoms with Gasteiger partial charge in [-0.25, -0.2) is 4.98 Å². The topological polar surface area (TPSA) is 137 Å². The van der Waals surface area contributed by atoms with Gasteiger partial charge in [0.25, 0.3) is 11.9 Å². The molecule has 0 amide bonds. The van der Waals surface area contributed by atoms with E-state index in [4.69, 9.17) is 25.5 Å². The first-order valence-corrected chi connectivity index (χ1v) is 9.06. The van der Waals surface area contributed by atoms with E-state index in [1.54, 1.807) is 12.3 Å². The maximum Gasteiger partial charge on any atom is 0.586 e. The quantitative estimate of drug-likeness (QED) is 0.665. The van der Waals surface area contributed by atoms with Crippen molar-refractivity contribution in [3.8, 4) is 22.9 Å². The third-order valence-corrected chi connectivity index (χ3v) is 4.17. The molecule has 164 valence electrons. The highest BCUT2D eigenvalue weighted by Gasteiger charge is 2.43. The summed E-state index contributed by atoms with van der Waals surface area (Å²) >= 11 is 0. The van der Waals surface area contributed by atoms with E-state index in [-0.39, 0.29) is 17.5 Å². The second-order valence-electron chi connectivity index (χ2n) is 6.75. The minimum atomic E-state index is -3.60. The molecule has 1 saturated carbocycles. The molecule has 1 aliphatic heterocycles. The van der Waals surface area contributed by atoms with Gasteiger partial charge in [-0.1, -0.05) is 0 Å². The summed E-state index contributed by atoms with van der Waals surface area (Å²) in [4.78, 5) is 22.4. The Balaban J connectivity index is 0.000000347. The number of aromatic nitrogens is 2. The van der Waals surface area contributed by atoms with E-state index in [2.05, 4.69) is 19.0 Å². The van der Waals surface area contributed by atoms with Crippen LogP contribution in [-0.2, 0) is 9.59 Å². The summed E-state index contributed by atoms with van der Waals surface area (Å²) < 4.78 is 37.2. The number of fused-ring (bicyclic) bond motifs is 1. The monoisotopic (exact) mass is 427 g/mol. The lowest BCUT2D eigenvalue weighted by atomic mass is 10.1. The molecule has 1 aromatic carbocycles. The van der Waals surface area contributed by atoms with E-state index in [0.29, 0.717) is 11.6 Å². The lowest BCUT2D eigenvalue weighted by molar-refractivity contribution is -0.286. The molecule has 0 radical (unpaired) electrons. The van der Waals surface area contributed by atoms with E-state index in [1.807, 2.05) is 6.20 Å². The van der Waals surface area contributed by atoms with Gasteiger partial charge in [0.1, 0.15) is 5.82 Å². The van der Waals surface area contributed by atoms with Crippen LogP contribution in [-0.4, -0.2) is 44.0 Å². The number of carboxylic acids is 2. The van der Waals surface area contributed by atoms with Gasteiger partial charge in [0.15, 0.2) is 11.5 Å². The van der Waals surface area contributed by atoms with E-state index in [1.165, 1.54) is 12.1 Å². The zero-order valence-electron chi connectivity index (χ0n) is 16.4. The molecule has 1 aliphatic carbocycles. The molecule has 0 spiro atoms. The van der Waals surface area contributed by atoms with Crippen molar-refractivity contribution in [1.82, 2.24) is 9.55 Å². The number of carbonyl (C=O) groups is 2. The number of nitrogens with two attached hydrogens (primary N) is 1. The molecule has 0 bridgehead atoms. The van der Waals surface area contributed by atoms with Crippen LogP contribution < -0.4 is 15.2 Å². The zero-order chi connectivity index (χ0) is 22.5. The highest BCUT2D eigenvalue weighted by molar-refractivity contribution is 5.63. The minimum Gasteiger partial charge on any atom is -0.481 e. The van der Waals surface area contributed by atoms with Crippen molar-refractivity contribution < 1.29 is 38.1 Å². The molecule has 9 nitrogen and oxygen atoms in total. The van der Waals surface area contributed by atoms with E-state index in [9.17, 15) is 8.78 Å². The van der Waals surface area contributed by atoms with Gasteiger partial charge in [0.05, 0.1) is 0 Å². The molecular formula is C19H23F2N3O6. The van der Waals surface area contributed by atoms with Gasteiger partial charge in [-0.05, 0) is 37.5 Å². The molecule has 0 saturated heterocycles. The van der Waals surface area contributed by atoms with E-state index < -0.39 is 18.2 Å². The van der Waals surface area contributed by atoms with Crippen molar-refractivity contribution in [1.29, 1.82) is 0 Å². The van der Waals surface area contributed by atoms with Crippen LogP contribution in [0.2, 0.25) is 0 Å². The molecule has 0 unspecified atom stereocenters. The minimum absolute atomic E-state index is 0.0279. The Kier molecular flexibility index (Phi) is 7.33. The number of halogens is 2. The number of benzene rings is 1. The smallest absolute Gasteiger partial charge is 0.481 e. The molecule has 1 fully saturated rings. The first-order valence-electron chi connectivity index (χ1n) is 9.06. The van der Waals surface area contributed by atoms with Crippen LogP contribution in [0, 0.1) is 0 Å². The number of rotatable bonds is 2. The van der Waals surface area contributed by atoms with Crippen LogP contribution in [0.1, 0.15) is 39.2 Å². The Morgan fingerprint density at radius 3 is 2.33 bits per heavy atom. The number of carboxylic acid groups (broad SMARTS) is 2. The van der Waals surface area contributed by atoms with Crippen LogP contribution in [0.3, 0.4) is 0 Å². The Bertz CT molecular complexity index is 882. The maximum absolute atomic E-state index is 13.1. The van der Waals surface area contributed by atoms with Crippen molar-refractivity contribution in [3.63, 3.8) is 0 Å². The first kappa shape index (κ1) is 23.1. The summed E-state index contributed by atoms with van der Waals surface area (Å²) in [7, 11) is 0. The van der Waals surface area contributed by atoms with Crippen molar-refractivity contribution in [3.05, 3.63) is 30.6 Å². The lowest BCUT2D eigenvalue weighted by Crippen LogP contribution is -2.25. The van der Waals surface area contributed by atoms with Crippen LogP contribution in [0.25, 0.3) is 11.4 Å². The largest absolute Gasteiger partial charge is 0.586 e. The van der Waals surface area contributed by atoms with Gasteiger partial charge in [0, 0.05) is 43.9 Å². The Hall–Kier alpha value is -3.21. The number of aliphatic carboxylic acids is 2. The van der Waals surface area contributed by atoms with Gasteiger partial charge in [-0.3, -0.25) is 9.59 Å². The maximum atomic E-state index is 13.1. The van der Waals surface area contributed by atoms with Crippen molar-refractivity contribution >= 4 is 11.9 Å². The van der Waals surface area contributed by atoms with E-state index >= 15 is 0 Å². The average molecular weight is 427 g/mol. The SMILES string of the molecule is CC(=O)O.CC(=O)O.N[C@H]1CC[C@@H](n2ccnc2-c2ccc3c(c2)OC(F)(F)O3)C1. The molecule has 2 heterocycles. The third kappa shape index (κ3) is 6.41. The molecule has 30 heavy (non-hydrogen) atoms. The molecular weight excluding hydrogens is 404 g/mol. The van der Waals surface area contributed by atoms with Crippen LogP contribution in [0.15, 0.2) is 30.6 Å². The van der Waals surface area contributed by atoms with Crippen LogP contribution in [0.5, 0.6) is 11.5 Å². The van der Waals surface area contributed by atoms with Crippen molar-refractivity contribution in [2.24, 2.45) is 5.73 Å². The molecule has 4 N–H and O–H groups in total. The molecule has 2 aromatic rings. The van der Waals surface area contributed by atoms with Gasteiger partial charge >= 0.3 is 6.29 Å². The number of hydrogen-bond acceptors (Lipinski definition) is 6. The fraction of sp³-hybridized carbons (Fsp3) is 0.421. The molecule has 1 aromatic heterocycles. The summed E-state index contributed by atoms with van der Waals surface area (Å²) in [5.41, 5.74) is 6.68. The number of nitrogens with zero attached hydrogens (tertiary/aromatic N) is 2. The number of alkyl halides is 2. The van der Waals surface area contributed by atoms with Gasteiger partial charge < -0.3 is 30.0 Å². The van der Waals surface area contributed by atoms with Gasteiger partial charge in [0.2, 0.25) is 0 Å². The van der Waals surface area contributed by atoms with Crippen molar-refractivity contribution in [2.45, 2.75) is 51.5 Å². The molecule has 2 atom stereocenters. The first-order chi connectivity index (χ1) is 14.0. The van der Waals surface area contributed by atoms with Gasteiger partial charge in [-0.2, -0.15) is 0 Å². The standard InChI is InChI=1S/C15H15F2N3O2.2C2H4O2/c16-15(17)21-12-4-1-9(7-13(12)22-15)14-19-5-6-20(14)11-3-2-10(18)8-11;2*1-2(3)4/h1,4-7,10-11H,2-3,8,18H2;2*1H3,(H,3,4)/t10-,11+;;/m0../s1. The number of hydrogen-bond donors (Lipinski definition) is 3. The Morgan fingerprint density at radius 2 is 1.77 bits per heavy atom. The summed E-state index contributed by atoms with van der Waals surface area (Å²) in [5, 5.41) is 14.8. The summed E-state index contributed by atoms with van der Waals surface area (Å²) in [5.74, 6) is -0.879. The second kappa shape index (κ2) is 9.53. The summed E-state index contributed by atoms with van der Waals surface area (Å²) in [6.45, 7) is 2.17. The van der Waals surface area contributed by atoms with Crippen LogP contribution in [0.4, 0.5) is 8.78 Å². The van der Waals surface area contributed by atoms with Crippen LogP contribution >= 0.6 is 0 Å². The predicted molar refractivity (Wildman–Crippen MR) is 101 cm³/mol. The Labute approximate surface area is 171 Å². The third-order valence-electron chi connectivity index (χ3n) is 4.17. The highest BCUT2D eigenvalue weighted by atomic mass is 19.3. The van der Waals surface area contributed by atoms with Crippen molar-refractivity contribution in [2.75, 3.05) is 0 Å². The highest BCUT2D eigenvalue weighted by Crippen LogP contribution is 2.43. The average Bonchev–Trinajstić information content (AvgIpc) is 3.29. The summed E-state index contributed by atoms with van der Waals surface area (Å²) in [6.07, 6.45) is 2.87. The van der Waals surface area contributed by atoms with Gasteiger partial charge in [-0.15, -0.1) is 8.78 Å². The fourth-order valence-corrected chi connectivity index (χ4v) is 3.16. The Morgan fingerprint density at radius 1 is 1.17 bits per heavy atom. The molecule has 2 aliphatic rings. The fourth-order valence-electron chi connectivity index (χ4n) is 3.16. The molecule has 11 heteroatoms. The number of imidazole rings is 1. The molecule has 4 rings (SSSR count). The second-order valence-corrected chi connectivity index (χ2v) is 6.75. The predicted octanol–water partition coefficient (Wildman–Crippen LogP) is 3.11. The summed E-state index contributed by atoms with van der Waals surface area (Å²) in [6, 6.07) is 5.21.